The Balaban J connectivity index is 0.000000216. The van der Waals surface area contributed by atoms with Crippen LogP contribution in [0.1, 0.15) is 148 Å². The van der Waals surface area contributed by atoms with Gasteiger partial charge < -0.3 is 82.6 Å². The number of fused-ring (bicyclic) bond motifs is 4. The molecule has 113 heavy (non-hydrogen) atoms. The molecule has 1 unspecified atom stereocenters. The van der Waals surface area contributed by atoms with Gasteiger partial charge >= 0.3 is 42.4 Å². The number of hydrogen-bond donors (Lipinski definition) is 6. The Hall–Kier alpha value is -14.3. The zero-order chi connectivity index (χ0) is 84.0. The highest BCUT2D eigenvalue weighted by Gasteiger charge is 2.31. The summed E-state index contributed by atoms with van der Waals surface area (Å²) in [5.41, 5.74) is 10.4. The van der Waals surface area contributed by atoms with E-state index in [2.05, 4.69) is 47.8 Å². The van der Waals surface area contributed by atoms with Crippen LogP contribution in [0.25, 0.3) is 66.6 Å². The quantitative estimate of drug-likeness (QED) is 0.0230. The van der Waals surface area contributed by atoms with Crippen LogP contribution in [0.15, 0.2) is 138 Å². The molecule has 0 radical (unpaired) electrons. The molecule has 0 saturated heterocycles. The maximum atomic E-state index is 12.5. The van der Waals surface area contributed by atoms with Crippen molar-refractivity contribution in [2.45, 2.75) is 112 Å². The maximum Gasteiger partial charge on any atom is 0.519 e. The Kier molecular flexibility index (Phi) is 29.6. The first-order chi connectivity index (χ1) is 53.2. The Morgan fingerprint density at radius 2 is 1.02 bits per heavy atom. The standard InChI is InChI=1S/C20H14N4O4.C16H16N2O5.C15H16N2O3.C10H8N2O.C10H18O5.C9H12N2O3/c1-26-13-6-7-14-15(10-21)17(22-16(14)9-13)19-23-18(24-28-19)11-4-3-5-12(8-11)20(25)27-2;1-16(2,3)23-15(21)18-12-7-9(22-4)5-6-10(12)11(8-17)13(18)14(19)20;1-15(2,3)20-14(18)17-9-10(8-16)12-6-5-11(19-4)7-13(12)17;1-13-8-2-3-9-7(5-11)6-12-10(9)4-8;1-9(2,3)14-7(11)13-8(12)15-10(4,5)6;1-14-9(12)7-4-2-3-6(5-7)8(10)11-13/h3-9,22H,1-2H3;5-7H,1-4H3,(H,19,20);5-7,9H,1-4H3;2-4,6,12H,1H3;1-6H3;2-5,8,11,13H,10H2,1H3. The number of rotatable bonds is 11. The van der Waals surface area contributed by atoms with Crippen LogP contribution in [0.3, 0.4) is 0 Å². The number of esters is 2. The molecule has 0 fully saturated rings. The summed E-state index contributed by atoms with van der Waals surface area (Å²) in [5, 5.41) is 61.5. The van der Waals surface area contributed by atoms with E-state index in [4.69, 9.17) is 68.6 Å². The van der Waals surface area contributed by atoms with Crippen molar-refractivity contribution in [1.29, 1.82) is 21.0 Å². The number of ether oxygens (including phenoxy) is 11. The van der Waals surface area contributed by atoms with Gasteiger partial charge in [-0.15, -0.1) is 0 Å². The van der Waals surface area contributed by atoms with Crippen LogP contribution >= 0.6 is 0 Å². The Morgan fingerprint density at radius 1 is 0.540 bits per heavy atom. The molecule has 5 heterocycles. The highest BCUT2D eigenvalue weighted by molar-refractivity contribution is 6.06. The number of carboxylic acids is 1. The fraction of sp³-hybridized carbons (Fsp3) is 0.287. The van der Waals surface area contributed by atoms with Crippen molar-refractivity contribution < 1.29 is 101 Å². The van der Waals surface area contributed by atoms with E-state index in [0.29, 0.717) is 84.0 Å². The molecule has 590 valence electrons. The second-order valence-electron chi connectivity index (χ2n) is 27.6. The van der Waals surface area contributed by atoms with Crippen molar-refractivity contribution in [3.63, 3.8) is 0 Å². The molecular formula is C80H84N12O21. The molecular weight excluding hydrogens is 1460 g/mol. The number of hydrogen-bond acceptors (Lipinski definition) is 28. The molecule has 33 nitrogen and oxygen atoms in total. The molecule has 11 aromatic rings. The molecule has 1 atom stereocenters. The predicted octanol–water partition coefficient (Wildman–Crippen LogP) is 15.2. The second-order valence-corrected chi connectivity index (χ2v) is 27.6. The maximum absolute atomic E-state index is 12.5. The zero-order valence-electron chi connectivity index (χ0n) is 65.1. The summed E-state index contributed by atoms with van der Waals surface area (Å²) < 4.78 is 61.8. The van der Waals surface area contributed by atoms with Gasteiger partial charge in [0.2, 0.25) is 5.82 Å². The van der Waals surface area contributed by atoms with Crippen LogP contribution in [0.2, 0.25) is 0 Å². The average molecular weight is 1550 g/mol. The van der Waals surface area contributed by atoms with Crippen LogP contribution in [0.4, 0.5) is 19.2 Å². The van der Waals surface area contributed by atoms with E-state index in [-0.39, 0.29) is 17.0 Å². The number of nitriles is 4. The highest BCUT2D eigenvalue weighted by Crippen LogP contribution is 2.34. The van der Waals surface area contributed by atoms with E-state index in [1.165, 1.54) is 38.2 Å². The lowest BCUT2D eigenvalue weighted by Crippen LogP contribution is -2.29. The van der Waals surface area contributed by atoms with Gasteiger partial charge in [0.1, 0.15) is 81.5 Å². The molecule has 0 aliphatic rings. The average Bonchev–Trinajstić information content (AvgIpc) is 1.60. The normalized spacial score (nSPS) is 11.1. The topological polar surface area (TPSA) is 475 Å². The minimum absolute atomic E-state index is 0.0963. The molecule has 0 bridgehead atoms. The minimum atomic E-state index is -1.39. The first kappa shape index (κ1) is 87.7. The van der Waals surface area contributed by atoms with Crippen molar-refractivity contribution in [2.24, 2.45) is 5.73 Å². The summed E-state index contributed by atoms with van der Waals surface area (Å²) in [5.74, 6) is 0.688. The third-order valence-corrected chi connectivity index (χ3v) is 14.8. The Morgan fingerprint density at radius 3 is 1.51 bits per heavy atom. The lowest BCUT2D eigenvalue weighted by Gasteiger charge is -2.20. The predicted molar refractivity (Wildman–Crippen MR) is 409 cm³/mol. The van der Waals surface area contributed by atoms with Crippen LogP contribution in [-0.2, 0) is 33.2 Å². The van der Waals surface area contributed by atoms with Gasteiger partial charge in [-0.2, -0.15) is 31.5 Å². The molecule has 5 aromatic heterocycles. The number of nitrogens with zero attached hydrogens (tertiary/aromatic N) is 8. The number of H-pyrrole nitrogens is 2. The van der Waals surface area contributed by atoms with E-state index in [9.17, 15) is 49.2 Å². The molecule has 0 spiro atoms. The lowest BCUT2D eigenvalue weighted by atomic mass is 10.1. The number of aromatic carboxylic acids is 1. The third kappa shape index (κ3) is 23.9. The molecule has 11 rings (SSSR count). The number of carboxylic acid groups (broad SMARTS) is 1. The van der Waals surface area contributed by atoms with E-state index in [1.54, 1.807) is 208 Å². The van der Waals surface area contributed by atoms with Gasteiger partial charge in [-0.3, -0.25) is 4.57 Å². The summed E-state index contributed by atoms with van der Waals surface area (Å²) >= 11 is 0. The molecule has 0 aliphatic carbocycles. The fourth-order valence-corrected chi connectivity index (χ4v) is 10.0. The Bertz CT molecular complexity index is 5450. The van der Waals surface area contributed by atoms with Gasteiger partial charge in [0.05, 0.1) is 98.1 Å². The van der Waals surface area contributed by atoms with Crippen molar-refractivity contribution >= 4 is 86.0 Å². The number of nitrogens with two attached hydrogens (primary N) is 1. The van der Waals surface area contributed by atoms with Crippen LogP contribution in [0, 0.1) is 45.3 Å². The van der Waals surface area contributed by atoms with E-state index < -0.39 is 76.7 Å². The van der Waals surface area contributed by atoms with Crippen LogP contribution in [-0.4, -0.2) is 147 Å². The van der Waals surface area contributed by atoms with Crippen molar-refractivity contribution in [1.82, 2.24) is 34.7 Å². The SMILES string of the molecule is CC(C)(C)OC(=O)OC(=O)OC(C)(C)C.COC(=O)c1cccc(-c2noc(-c3[nH]c4cc(OC)ccc4c3C#N)n2)c1.COC(=O)c1cccc(C(N)NO)c1.COc1ccc2c(C#N)c(C(=O)O)n(C(=O)OC(C)(C)C)c2c1.COc1ccc2c(C#N)c[nH]c2c1.COc1ccc2c(C#N)cn(C(=O)OC(C)(C)C)c2c1. The van der Waals surface area contributed by atoms with Crippen molar-refractivity contribution in [2.75, 3.05) is 42.7 Å². The summed E-state index contributed by atoms with van der Waals surface area (Å²) in [7, 11) is 8.81. The second kappa shape index (κ2) is 38.2. The number of aromatic nitrogens is 6. The van der Waals surface area contributed by atoms with Crippen LogP contribution in [0.5, 0.6) is 23.0 Å². The van der Waals surface area contributed by atoms with Gasteiger partial charge in [-0.25, -0.2) is 38.1 Å². The number of benzene rings is 6. The minimum Gasteiger partial charge on any atom is -0.497 e. The van der Waals surface area contributed by atoms with Gasteiger partial charge in [-0.05, 0) is 161 Å². The van der Waals surface area contributed by atoms with Gasteiger partial charge in [0, 0.05) is 63.8 Å². The van der Waals surface area contributed by atoms with Gasteiger partial charge in [0.15, 0.2) is 5.69 Å². The van der Waals surface area contributed by atoms with E-state index in [1.807, 2.05) is 29.7 Å². The van der Waals surface area contributed by atoms with Gasteiger partial charge in [0.25, 0.3) is 5.89 Å². The molecule has 6 aromatic carbocycles. The van der Waals surface area contributed by atoms with Gasteiger partial charge in [-0.1, -0.05) is 29.4 Å². The molecule has 0 amide bonds. The van der Waals surface area contributed by atoms with Crippen LogP contribution < -0.4 is 30.2 Å². The summed E-state index contributed by atoms with van der Waals surface area (Å²) in [4.78, 5) is 91.6. The molecule has 33 heteroatoms. The number of carbonyl (C=O) groups is 7. The third-order valence-electron chi connectivity index (χ3n) is 14.8. The summed E-state index contributed by atoms with van der Waals surface area (Å²) in [6.07, 6.45) is -1.03. The number of hydroxylamine groups is 1. The zero-order valence-corrected chi connectivity index (χ0v) is 65.1. The first-order valence-electron chi connectivity index (χ1n) is 33.8. The first-order valence-corrected chi connectivity index (χ1v) is 33.8. The largest absolute Gasteiger partial charge is 0.519 e. The number of carbonyl (C=O) groups excluding carboxylic acids is 6. The lowest BCUT2D eigenvalue weighted by molar-refractivity contribution is -0.0295. The highest BCUT2D eigenvalue weighted by atomic mass is 16.8. The van der Waals surface area contributed by atoms with Crippen molar-refractivity contribution in [3.05, 3.63) is 178 Å². The number of methoxy groups -OCH3 is 6. The number of nitrogens with one attached hydrogen (secondary N) is 3. The molecule has 0 saturated carbocycles. The summed E-state index contributed by atoms with van der Waals surface area (Å²) in [6.45, 7) is 20.4. The Labute approximate surface area is 648 Å². The monoisotopic (exact) mass is 1550 g/mol. The van der Waals surface area contributed by atoms with E-state index in [0.717, 1.165) is 32.1 Å². The summed E-state index contributed by atoms with van der Waals surface area (Å²) in [6, 6.07) is 42.2. The van der Waals surface area contributed by atoms with E-state index >= 15 is 0 Å². The molecule has 7 N–H and O–H groups in total. The number of aromatic amines is 2. The van der Waals surface area contributed by atoms with Crippen molar-refractivity contribution in [3.8, 4) is 70.2 Å². The fourth-order valence-electron chi connectivity index (χ4n) is 10.0. The smallest absolute Gasteiger partial charge is 0.497 e. The molecule has 0 aliphatic heterocycles.